The lowest BCUT2D eigenvalue weighted by Crippen LogP contribution is -1.78. The van der Waals surface area contributed by atoms with Crippen molar-refractivity contribution in [2.75, 3.05) is 0 Å². The molecule has 4 heteroatoms. The van der Waals surface area contributed by atoms with E-state index < -0.39 is 0 Å². The molecule has 94 valence electrons. The third-order valence-electron chi connectivity index (χ3n) is 2.64. The summed E-state index contributed by atoms with van der Waals surface area (Å²) in [5.74, 6) is 1.71. The van der Waals surface area contributed by atoms with Gasteiger partial charge in [0.1, 0.15) is 5.76 Å². The molecule has 0 bridgehead atoms. The summed E-state index contributed by atoms with van der Waals surface area (Å²) in [4.78, 5) is 0. The van der Waals surface area contributed by atoms with E-state index in [0.29, 0.717) is 11.8 Å². The molecule has 0 radical (unpaired) electrons. The van der Waals surface area contributed by atoms with Crippen molar-refractivity contribution >= 4 is 12.2 Å². The summed E-state index contributed by atoms with van der Waals surface area (Å²) in [6.07, 6.45) is 5.13. The molecule has 0 aliphatic heterocycles. The van der Waals surface area contributed by atoms with Gasteiger partial charge in [-0.2, -0.15) is 0 Å². The van der Waals surface area contributed by atoms with Gasteiger partial charge in [0.15, 0.2) is 0 Å². The Kier molecular flexibility index (Phi) is 2.98. The summed E-state index contributed by atoms with van der Waals surface area (Å²) in [6, 6.07) is 11.6. The minimum absolute atomic E-state index is 0.452. The summed E-state index contributed by atoms with van der Waals surface area (Å²) in [5.41, 5.74) is 2.08. The largest absolute Gasteiger partial charge is 0.465 e. The zero-order chi connectivity index (χ0) is 13.1. The third kappa shape index (κ3) is 2.63. The van der Waals surface area contributed by atoms with Crippen molar-refractivity contribution in [2.24, 2.45) is 0 Å². The van der Waals surface area contributed by atoms with E-state index in [9.17, 15) is 0 Å². The maximum absolute atomic E-state index is 5.57. The van der Waals surface area contributed by atoms with Crippen molar-refractivity contribution in [2.45, 2.75) is 6.92 Å². The number of hydrogen-bond donors (Lipinski definition) is 0. The Morgan fingerprint density at radius 2 is 2.00 bits per heavy atom. The Morgan fingerprint density at radius 1 is 1.05 bits per heavy atom. The molecule has 4 nitrogen and oxygen atoms in total. The van der Waals surface area contributed by atoms with Gasteiger partial charge in [-0.25, -0.2) is 0 Å². The summed E-state index contributed by atoms with van der Waals surface area (Å²) < 4.78 is 10.8. The predicted octanol–water partition coefficient (Wildman–Crippen LogP) is 3.81. The lowest BCUT2D eigenvalue weighted by atomic mass is 10.1. The molecule has 0 aliphatic carbocycles. The second-order valence-corrected chi connectivity index (χ2v) is 4.16. The number of benzene rings is 1. The number of hydrogen-bond acceptors (Lipinski definition) is 4. The second-order valence-electron chi connectivity index (χ2n) is 4.16. The first kappa shape index (κ1) is 11.5. The monoisotopic (exact) mass is 252 g/mol. The molecule has 2 aromatic heterocycles. The van der Waals surface area contributed by atoms with Crippen molar-refractivity contribution in [3.8, 4) is 11.5 Å². The Bertz CT molecular complexity index is 697. The second kappa shape index (κ2) is 4.94. The highest BCUT2D eigenvalue weighted by Gasteiger charge is 2.06. The number of aryl methyl sites for hydroxylation is 1. The van der Waals surface area contributed by atoms with Crippen LogP contribution in [0, 0.1) is 6.92 Å². The van der Waals surface area contributed by atoms with Gasteiger partial charge in [0.2, 0.25) is 11.8 Å². The minimum atomic E-state index is 0.452. The Labute approximate surface area is 110 Å². The first-order valence-corrected chi connectivity index (χ1v) is 5.93. The molecule has 2 heterocycles. The van der Waals surface area contributed by atoms with Gasteiger partial charge < -0.3 is 8.83 Å². The first-order valence-electron chi connectivity index (χ1n) is 5.93. The van der Waals surface area contributed by atoms with E-state index in [-0.39, 0.29) is 0 Å². The minimum Gasteiger partial charge on any atom is -0.465 e. The normalized spacial score (nSPS) is 11.2. The quantitative estimate of drug-likeness (QED) is 0.711. The van der Waals surface area contributed by atoms with Crippen LogP contribution in [0.2, 0.25) is 0 Å². The Hall–Kier alpha value is -2.62. The average molecular weight is 252 g/mol. The zero-order valence-corrected chi connectivity index (χ0v) is 10.4. The predicted molar refractivity (Wildman–Crippen MR) is 72.1 cm³/mol. The molecule has 3 aromatic rings. The van der Waals surface area contributed by atoms with E-state index in [1.165, 1.54) is 0 Å². The SMILES string of the molecule is Cc1cccc(-c2nnc(/C=C/c3ccco3)o2)c1. The zero-order valence-electron chi connectivity index (χ0n) is 10.4. The average Bonchev–Trinajstić information content (AvgIpc) is 3.08. The fraction of sp³-hybridized carbons (Fsp3) is 0.0667. The summed E-state index contributed by atoms with van der Waals surface area (Å²) in [5, 5.41) is 8.01. The van der Waals surface area contributed by atoms with Crippen molar-refractivity contribution < 1.29 is 8.83 Å². The van der Waals surface area contributed by atoms with Crippen LogP contribution in [0.15, 0.2) is 51.5 Å². The van der Waals surface area contributed by atoms with Gasteiger partial charge in [-0.05, 0) is 37.3 Å². The molecular formula is C15H12N2O2. The topological polar surface area (TPSA) is 52.1 Å². The van der Waals surface area contributed by atoms with Crippen molar-refractivity contribution in [1.82, 2.24) is 10.2 Å². The van der Waals surface area contributed by atoms with E-state index in [4.69, 9.17) is 8.83 Å². The van der Waals surface area contributed by atoms with Crippen LogP contribution in [0.1, 0.15) is 17.2 Å². The van der Waals surface area contributed by atoms with Crippen LogP contribution in [-0.2, 0) is 0 Å². The molecule has 0 atom stereocenters. The standard InChI is InChI=1S/C15H12N2O2/c1-11-4-2-5-12(10-11)15-17-16-14(19-15)8-7-13-6-3-9-18-13/h2-10H,1H3/b8-7+. The van der Waals surface area contributed by atoms with Crippen LogP contribution in [0.25, 0.3) is 23.6 Å². The molecule has 1 aromatic carbocycles. The number of furan rings is 1. The van der Waals surface area contributed by atoms with Gasteiger partial charge in [0.25, 0.3) is 0 Å². The van der Waals surface area contributed by atoms with Crippen molar-refractivity contribution in [3.05, 3.63) is 59.9 Å². The fourth-order valence-corrected chi connectivity index (χ4v) is 1.74. The highest BCUT2D eigenvalue weighted by molar-refractivity contribution is 5.63. The molecular weight excluding hydrogens is 240 g/mol. The highest BCUT2D eigenvalue weighted by Crippen LogP contribution is 2.19. The van der Waals surface area contributed by atoms with E-state index >= 15 is 0 Å². The van der Waals surface area contributed by atoms with E-state index in [1.807, 2.05) is 43.3 Å². The summed E-state index contributed by atoms with van der Waals surface area (Å²) in [7, 11) is 0. The number of rotatable bonds is 3. The molecule has 0 spiro atoms. The van der Waals surface area contributed by atoms with Crippen LogP contribution in [-0.4, -0.2) is 10.2 Å². The summed E-state index contributed by atoms with van der Waals surface area (Å²) >= 11 is 0. The fourth-order valence-electron chi connectivity index (χ4n) is 1.74. The van der Waals surface area contributed by atoms with Gasteiger partial charge in [0.05, 0.1) is 6.26 Å². The molecule has 0 saturated carbocycles. The van der Waals surface area contributed by atoms with E-state index in [0.717, 1.165) is 16.9 Å². The van der Waals surface area contributed by atoms with Gasteiger partial charge in [-0.1, -0.05) is 17.7 Å². The van der Waals surface area contributed by atoms with Crippen LogP contribution in [0.3, 0.4) is 0 Å². The van der Waals surface area contributed by atoms with Crippen molar-refractivity contribution in [3.63, 3.8) is 0 Å². The molecule has 3 rings (SSSR count). The van der Waals surface area contributed by atoms with Gasteiger partial charge in [0, 0.05) is 11.6 Å². The van der Waals surface area contributed by atoms with Gasteiger partial charge in [-0.3, -0.25) is 0 Å². The van der Waals surface area contributed by atoms with Crippen LogP contribution in [0.4, 0.5) is 0 Å². The molecule has 0 unspecified atom stereocenters. The van der Waals surface area contributed by atoms with E-state index in [2.05, 4.69) is 10.2 Å². The Balaban J connectivity index is 1.83. The highest BCUT2D eigenvalue weighted by atomic mass is 16.4. The maximum Gasteiger partial charge on any atom is 0.248 e. The van der Waals surface area contributed by atoms with Crippen LogP contribution < -0.4 is 0 Å². The Morgan fingerprint density at radius 3 is 2.79 bits per heavy atom. The van der Waals surface area contributed by atoms with E-state index in [1.54, 1.807) is 18.4 Å². The summed E-state index contributed by atoms with van der Waals surface area (Å²) in [6.45, 7) is 2.03. The molecule has 0 saturated heterocycles. The molecule has 0 amide bonds. The third-order valence-corrected chi connectivity index (χ3v) is 2.64. The van der Waals surface area contributed by atoms with Gasteiger partial charge >= 0.3 is 0 Å². The molecule has 0 N–H and O–H groups in total. The van der Waals surface area contributed by atoms with Gasteiger partial charge in [-0.15, -0.1) is 10.2 Å². The van der Waals surface area contributed by atoms with Crippen LogP contribution in [0.5, 0.6) is 0 Å². The smallest absolute Gasteiger partial charge is 0.248 e. The number of nitrogens with zero attached hydrogens (tertiary/aromatic N) is 2. The molecule has 0 fully saturated rings. The first-order chi connectivity index (χ1) is 9.31. The molecule has 0 aliphatic rings. The number of aromatic nitrogens is 2. The lowest BCUT2D eigenvalue weighted by molar-refractivity contribution is 0.552. The van der Waals surface area contributed by atoms with Crippen molar-refractivity contribution in [1.29, 1.82) is 0 Å². The maximum atomic E-state index is 5.57. The van der Waals surface area contributed by atoms with Crippen LogP contribution >= 0.6 is 0 Å². The molecule has 19 heavy (non-hydrogen) atoms. The lowest BCUT2D eigenvalue weighted by Gasteiger charge is -1.95.